The number of aliphatic hydroxyl groups excluding tert-OH is 5. The van der Waals surface area contributed by atoms with Crippen LogP contribution < -0.4 is 21.7 Å². The second kappa shape index (κ2) is 18.8. The minimum absolute atomic E-state index is 0.0294. The molecule has 18 unspecified atom stereocenters. The van der Waals surface area contributed by atoms with E-state index in [2.05, 4.69) is 29.8 Å². The molecule has 4 saturated carbocycles. The van der Waals surface area contributed by atoms with Crippen LogP contribution in [0.3, 0.4) is 0 Å². The maximum atomic E-state index is 15.4. The fourth-order valence-electron chi connectivity index (χ4n) is 14.9. The molecule has 5 fully saturated rings. The van der Waals surface area contributed by atoms with Gasteiger partial charge in [-0.3, -0.25) is 4.79 Å². The summed E-state index contributed by atoms with van der Waals surface area (Å²) < 4.78 is 6.77. The molecular weight excluding hydrogens is 789 g/mol. The van der Waals surface area contributed by atoms with E-state index < -0.39 is 70.3 Å². The van der Waals surface area contributed by atoms with Gasteiger partial charge in [0.1, 0.15) is 6.10 Å². The summed E-state index contributed by atoms with van der Waals surface area (Å²) in [6.45, 7) is 10.4. The Labute approximate surface area is 370 Å². The second-order valence-corrected chi connectivity index (χ2v) is 21.6. The highest BCUT2D eigenvalue weighted by molar-refractivity contribution is 6.00. The van der Waals surface area contributed by atoms with Crippen molar-refractivity contribution in [2.75, 3.05) is 26.7 Å². The van der Waals surface area contributed by atoms with E-state index in [1.54, 1.807) is 13.8 Å². The average Bonchev–Trinajstić information content (AvgIpc) is 3.59. The summed E-state index contributed by atoms with van der Waals surface area (Å²) in [6, 6.07) is 0. The van der Waals surface area contributed by atoms with Gasteiger partial charge in [0.2, 0.25) is 0 Å². The van der Waals surface area contributed by atoms with Crippen LogP contribution in [0.25, 0.3) is 0 Å². The molecule has 0 radical (unpaired) electrons. The highest BCUT2D eigenvalue weighted by Crippen LogP contribution is 2.72. The zero-order chi connectivity index (χ0) is 44.9. The van der Waals surface area contributed by atoms with Gasteiger partial charge >= 0.3 is 0 Å². The smallest absolute Gasteiger partial charge is 0.182 e. The number of hydrogen-bond acceptors (Lipinski definition) is 13. The number of dihydropyridines is 1. The first-order valence-corrected chi connectivity index (χ1v) is 24.4. The number of aliphatic hydroxyl groups is 7. The molecule has 0 bridgehead atoms. The summed E-state index contributed by atoms with van der Waals surface area (Å²) in [4.78, 5) is 15.4. The van der Waals surface area contributed by atoms with Gasteiger partial charge in [-0.25, -0.2) is 0 Å². The van der Waals surface area contributed by atoms with Crippen LogP contribution in [0.1, 0.15) is 131 Å². The van der Waals surface area contributed by atoms with E-state index in [4.69, 9.17) is 10.5 Å². The zero-order valence-electron chi connectivity index (χ0n) is 38.5. The number of carbonyl (C=O) groups excluding carboxylic acids is 1. The van der Waals surface area contributed by atoms with Crippen LogP contribution in [0.4, 0.5) is 0 Å². The monoisotopic (exact) mass is 871 g/mol. The first-order chi connectivity index (χ1) is 29.4. The molecule has 5 aliphatic carbocycles. The fraction of sp³-hybridized carbons (Fsp3) is 0.857. The Morgan fingerprint density at radius 1 is 1.10 bits per heavy atom. The van der Waals surface area contributed by atoms with Crippen molar-refractivity contribution in [1.82, 2.24) is 16.0 Å². The third-order valence-corrected chi connectivity index (χ3v) is 17.9. The summed E-state index contributed by atoms with van der Waals surface area (Å²) in [5.74, 6) is -1.03. The molecule has 1 saturated heterocycles. The van der Waals surface area contributed by atoms with Gasteiger partial charge in [-0.15, -0.1) is 0 Å². The standard InChI is InChI=1S/C49H82N4O9/c1-7-9-29-11-14-32-28(3)44(62-37(32)15-12-29)45(59)47(5,60)38-18-20-49(61)41-40(31(26-51-6)23-46(38,49)4)48(19-17-30-13-16-39(50)53-34(30)10-8-21-54)24-36(57)35(56)22-33(48)43(58)42(41)52-25-27(2)55/h13,16,27-29,31-33,35-40,44-45,51-57,59-61H,7-12,14-15,17-26,50H2,1-6H3. The Bertz CT molecular complexity index is 1700. The Morgan fingerprint density at radius 2 is 1.84 bits per heavy atom. The van der Waals surface area contributed by atoms with Gasteiger partial charge in [-0.05, 0) is 163 Å². The summed E-state index contributed by atoms with van der Waals surface area (Å²) in [6.07, 6.45) is 9.03. The SMILES string of the molecule is CCCC1CCC2OC(C(O)C(C)(O)C3CCC4(O)C5=C(NCC(C)O)C(=O)C6CC(O)C(O)CC6(CCC6=C(CCCO)NC(N)C=C6)C5C(CNC)CC34C)C(C)C2CC1. The maximum absolute atomic E-state index is 15.4. The van der Waals surface area contributed by atoms with Crippen molar-refractivity contribution < 1.29 is 45.3 Å². The molecule has 352 valence electrons. The second-order valence-electron chi connectivity index (χ2n) is 21.6. The normalized spacial score (nSPS) is 43.8. The Kier molecular flexibility index (Phi) is 14.5. The molecule has 2 heterocycles. The molecule has 0 spiro atoms. The molecule has 13 heteroatoms. The number of rotatable bonds is 16. The van der Waals surface area contributed by atoms with Crippen LogP contribution in [0, 0.1) is 52.3 Å². The number of nitrogens with two attached hydrogens (primary N) is 1. The van der Waals surface area contributed by atoms with Crippen molar-refractivity contribution in [1.29, 1.82) is 0 Å². The van der Waals surface area contributed by atoms with Gasteiger partial charge < -0.3 is 62.2 Å². The predicted octanol–water partition coefficient (Wildman–Crippen LogP) is 3.29. The van der Waals surface area contributed by atoms with Crippen molar-refractivity contribution in [3.8, 4) is 0 Å². The minimum Gasteiger partial charge on any atom is -0.396 e. The number of fused-ring (bicyclic) bond motifs is 6. The van der Waals surface area contributed by atoms with E-state index in [9.17, 15) is 35.7 Å². The summed E-state index contributed by atoms with van der Waals surface area (Å²) in [5, 5.41) is 92.6. The zero-order valence-corrected chi connectivity index (χ0v) is 38.5. The molecule has 7 rings (SSSR count). The van der Waals surface area contributed by atoms with Gasteiger partial charge in [0.25, 0.3) is 0 Å². The fourth-order valence-corrected chi connectivity index (χ4v) is 14.9. The first-order valence-electron chi connectivity index (χ1n) is 24.4. The lowest BCUT2D eigenvalue weighted by atomic mass is 9.41. The predicted molar refractivity (Wildman–Crippen MR) is 238 cm³/mol. The average molecular weight is 871 g/mol. The van der Waals surface area contributed by atoms with Crippen molar-refractivity contribution in [2.24, 2.45) is 58.0 Å². The molecule has 62 heavy (non-hydrogen) atoms. The van der Waals surface area contributed by atoms with E-state index in [-0.39, 0.29) is 68.0 Å². The molecule has 0 amide bonds. The van der Waals surface area contributed by atoms with Gasteiger partial charge in [-0.1, -0.05) is 46.1 Å². The van der Waals surface area contributed by atoms with E-state index in [1.165, 1.54) is 12.8 Å². The van der Waals surface area contributed by atoms with Gasteiger partial charge in [-0.2, -0.15) is 0 Å². The van der Waals surface area contributed by atoms with Crippen LogP contribution in [0.2, 0.25) is 0 Å². The summed E-state index contributed by atoms with van der Waals surface area (Å²) in [5.41, 5.74) is 3.95. The number of ether oxygens (including phenoxy) is 1. The lowest BCUT2D eigenvalue weighted by Gasteiger charge is -2.65. The number of hydrogen-bond donors (Lipinski definition) is 11. The summed E-state index contributed by atoms with van der Waals surface area (Å²) in [7, 11) is 1.90. The molecule has 12 N–H and O–H groups in total. The third-order valence-electron chi connectivity index (χ3n) is 17.9. The molecular formula is C49H82N4O9. The molecule has 13 nitrogen and oxygen atoms in total. The number of allylic oxidation sites excluding steroid dienone is 4. The van der Waals surface area contributed by atoms with Crippen LogP contribution >= 0.6 is 0 Å². The van der Waals surface area contributed by atoms with Crippen molar-refractivity contribution in [2.45, 2.75) is 185 Å². The topological polar surface area (TPSA) is 230 Å². The number of carbonyl (C=O) groups is 1. The number of ketones is 1. The Balaban J connectivity index is 1.29. The van der Waals surface area contributed by atoms with Gasteiger partial charge in [0.05, 0.1) is 53.6 Å². The minimum atomic E-state index is -1.65. The maximum Gasteiger partial charge on any atom is 0.182 e. The third kappa shape index (κ3) is 8.29. The molecule has 0 aromatic rings. The van der Waals surface area contributed by atoms with E-state index in [1.807, 2.05) is 26.1 Å². The molecule has 18 atom stereocenters. The van der Waals surface area contributed by atoms with Crippen LogP contribution in [0.15, 0.2) is 34.7 Å². The molecule has 0 aromatic heterocycles. The molecule has 0 aromatic carbocycles. The van der Waals surface area contributed by atoms with Crippen molar-refractivity contribution in [3.63, 3.8) is 0 Å². The van der Waals surface area contributed by atoms with E-state index in [0.717, 1.165) is 37.0 Å². The highest BCUT2D eigenvalue weighted by atomic mass is 16.5. The highest BCUT2D eigenvalue weighted by Gasteiger charge is 2.73. The van der Waals surface area contributed by atoms with E-state index in [0.29, 0.717) is 62.5 Å². The van der Waals surface area contributed by atoms with Gasteiger partial charge in [0.15, 0.2) is 5.78 Å². The van der Waals surface area contributed by atoms with Crippen molar-refractivity contribution in [3.05, 3.63) is 34.7 Å². The largest absolute Gasteiger partial charge is 0.396 e. The molecule has 7 aliphatic rings. The van der Waals surface area contributed by atoms with Crippen LogP contribution in [0.5, 0.6) is 0 Å². The van der Waals surface area contributed by atoms with Crippen LogP contribution in [-0.2, 0) is 9.53 Å². The van der Waals surface area contributed by atoms with E-state index >= 15 is 4.79 Å². The van der Waals surface area contributed by atoms with Crippen LogP contribution in [-0.4, -0.2) is 122 Å². The van der Waals surface area contributed by atoms with Gasteiger partial charge in [0, 0.05) is 30.2 Å². The first kappa shape index (κ1) is 48.0. The quantitative estimate of drug-likeness (QED) is 0.107. The Hall–Kier alpha value is -1.91. The Morgan fingerprint density at radius 3 is 2.53 bits per heavy atom. The summed E-state index contributed by atoms with van der Waals surface area (Å²) >= 11 is 0. The van der Waals surface area contributed by atoms with Crippen molar-refractivity contribution >= 4 is 5.78 Å². The lowest BCUT2D eigenvalue weighted by Crippen LogP contribution is -2.68. The molecule has 2 aliphatic heterocycles. The lowest BCUT2D eigenvalue weighted by molar-refractivity contribution is -0.206. The number of Topliss-reactive ketones (excluding diaryl/α,β-unsaturated/α-hetero) is 1. The number of nitrogens with one attached hydrogen (secondary N) is 3.